The quantitative estimate of drug-likeness (QED) is 0.636. The zero-order valence-corrected chi connectivity index (χ0v) is 14.7. The topological polar surface area (TPSA) is 66.9 Å². The fourth-order valence-corrected chi connectivity index (χ4v) is 3.31. The number of carbonyl (C=O) groups is 1. The molecule has 0 saturated carbocycles. The molecule has 7 heteroatoms. The summed E-state index contributed by atoms with van der Waals surface area (Å²) in [5.74, 6) is 1.52. The van der Waals surface area contributed by atoms with Crippen LogP contribution in [0.5, 0.6) is 17.2 Å². The lowest BCUT2D eigenvalue weighted by Gasteiger charge is -2.04. The van der Waals surface area contributed by atoms with Gasteiger partial charge in [0.15, 0.2) is 11.5 Å². The molecule has 6 nitrogen and oxygen atoms in total. The van der Waals surface area contributed by atoms with Gasteiger partial charge >= 0.3 is 5.97 Å². The molecule has 1 aliphatic heterocycles. The van der Waals surface area contributed by atoms with Crippen LogP contribution in [0.15, 0.2) is 47.8 Å². The number of aromatic nitrogens is 1. The molecule has 0 amide bonds. The molecular formula is C19H15NO5S. The van der Waals surface area contributed by atoms with E-state index in [1.54, 1.807) is 25.3 Å². The largest absolute Gasteiger partial charge is 0.497 e. The number of nitrogens with zero attached hydrogens (tertiary/aromatic N) is 1. The predicted molar refractivity (Wildman–Crippen MR) is 95.8 cm³/mol. The first-order valence-electron chi connectivity index (χ1n) is 7.88. The van der Waals surface area contributed by atoms with E-state index in [0.717, 1.165) is 16.3 Å². The normalized spacial score (nSPS) is 12.0. The second kappa shape index (κ2) is 7.05. The summed E-state index contributed by atoms with van der Waals surface area (Å²) in [4.78, 5) is 16.7. The number of carbonyl (C=O) groups excluding carboxylic acids is 1. The molecule has 0 radical (unpaired) electrons. The molecule has 26 heavy (non-hydrogen) atoms. The number of rotatable bonds is 5. The third-order valence-corrected chi connectivity index (χ3v) is 4.77. The Labute approximate surface area is 153 Å². The summed E-state index contributed by atoms with van der Waals surface area (Å²) in [6.07, 6.45) is 0. The Bertz CT molecular complexity index is 953. The lowest BCUT2D eigenvalue weighted by molar-refractivity contribution is 0.0468. The number of hydrogen-bond donors (Lipinski definition) is 0. The van der Waals surface area contributed by atoms with E-state index >= 15 is 0 Å². The molecule has 132 valence electrons. The highest BCUT2D eigenvalue weighted by atomic mass is 32.1. The fourth-order valence-electron chi connectivity index (χ4n) is 2.51. The maximum atomic E-state index is 12.2. The Kier molecular flexibility index (Phi) is 4.45. The maximum Gasteiger partial charge on any atom is 0.338 e. The summed E-state index contributed by atoms with van der Waals surface area (Å²) in [6.45, 7) is 0.271. The zero-order valence-electron chi connectivity index (χ0n) is 13.9. The van der Waals surface area contributed by atoms with Crippen molar-refractivity contribution >= 4 is 17.3 Å². The molecule has 2 aromatic carbocycles. The van der Waals surface area contributed by atoms with Gasteiger partial charge in [0, 0.05) is 10.9 Å². The van der Waals surface area contributed by atoms with Crippen LogP contribution in [-0.2, 0) is 11.3 Å². The molecule has 0 spiro atoms. The van der Waals surface area contributed by atoms with E-state index in [1.165, 1.54) is 11.3 Å². The van der Waals surface area contributed by atoms with Crippen LogP contribution in [0.4, 0.5) is 0 Å². The molecule has 1 aromatic heterocycles. The van der Waals surface area contributed by atoms with Crippen molar-refractivity contribution < 1.29 is 23.7 Å². The van der Waals surface area contributed by atoms with Gasteiger partial charge in [0.05, 0.1) is 18.4 Å². The first kappa shape index (κ1) is 16.4. The summed E-state index contributed by atoms with van der Waals surface area (Å²) < 4.78 is 21.1. The van der Waals surface area contributed by atoms with Crippen LogP contribution < -0.4 is 14.2 Å². The standard InChI is InChI=1S/C19H15NO5S/c1-22-15-4-2-3-12(7-15)18-20-14(10-26-18)9-23-19(21)13-5-6-16-17(8-13)25-11-24-16/h2-8,10H,9,11H2,1H3. The highest BCUT2D eigenvalue weighted by molar-refractivity contribution is 7.13. The van der Waals surface area contributed by atoms with Crippen LogP contribution in [0.25, 0.3) is 10.6 Å². The van der Waals surface area contributed by atoms with Crippen LogP contribution in [0, 0.1) is 0 Å². The monoisotopic (exact) mass is 369 g/mol. The molecule has 2 heterocycles. The van der Waals surface area contributed by atoms with E-state index in [9.17, 15) is 4.79 Å². The van der Waals surface area contributed by atoms with E-state index in [0.29, 0.717) is 22.8 Å². The third kappa shape index (κ3) is 3.34. The first-order valence-corrected chi connectivity index (χ1v) is 8.76. The second-order valence-corrected chi connectivity index (χ2v) is 6.38. The van der Waals surface area contributed by atoms with Crippen LogP contribution in [-0.4, -0.2) is 24.9 Å². The lowest BCUT2D eigenvalue weighted by Crippen LogP contribution is -2.05. The van der Waals surface area contributed by atoms with Gasteiger partial charge in [0.2, 0.25) is 6.79 Å². The molecule has 0 saturated heterocycles. The summed E-state index contributed by atoms with van der Waals surface area (Å²) >= 11 is 1.49. The number of fused-ring (bicyclic) bond motifs is 1. The van der Waals surface area contributed by atoms with E-state index in [1.807, 2.05) is 29.6 Å². The number of hydrogen-bond acceptors (Lipinski definition) is 7. The molecular weight excluding hydrogens is 354 g/mol. The second-order valence-electron chi connectivity index (χ2n) is 5.52. The minimum Gasteiger partial charge on any atom is -0.497 e. The van der Waals surface area contributed by atoms with Gasteiger partial charge in [-0.05, 0) is 30.3 Å². The molecule has 1 aliphatic rings. The van der Waals surface area contributed by atoms with Crippen molar-refractivity contribution in [1.29, 1.82) is 0 Å². The van der Waals surface area contributed by atoms with Crippen LogP contribution >= 0.6 is 11.3 Å². The molecule has 3 aromatic rings. The molecule has 0 aliphatic carbocycles. The van der Waals surface area contributed by atoms with Crippen molar-refractivity contribution in [3.05, 3.63) is 59.1 Å². The Morgan fingerprint density at radius 1 is 1.19 bits per heavy atom. The number of ether oxygens (including phenoxy) is 4. The van der Waals surface area contributed by atoms with Gasteiger partial charge in [-0.2, -0.15) is 0 Å². The SMILES string of the molecule is COc1cccc(-c2nc(COC(=O)c3ccc4c(c3)OCO4)cs2)c1. The molecule has 0 fully saturated rings. The molecule has 0 N–H and O–H groups in total. The molecule has 4 rings (SSSR count). The minimum absolute atomic E-state index is 0.105. The van der Waals surface area contributed by atoms with E-state index in [4.69, 9.17) is 18.9 Å². The van der Waals surface area contributed by atoms with Crippen molar-refractivity contribution in [2.24, 2.45) is 0 Å². The number of benzene rings is 2. The van der Waals surface area contributed by atoms with Crippen molar-refractivity contribution in [3.63, 3.8) is 0 Å². The van der Waals surface area contributed by atoms with Gasteiger partial charge < -0.3 is 18.9 Å². The molecule has 0 unspecified atom stereocenters. The van der Waals surface area contributed by atoms with Crippen LogP contribution in [0.3, 0.4) is 0 Å². The highest BCUT2D eigenvalue weighted by Gasteiger charge is 2.17. The average molecular weight is 369 g/mol. The Morgan fingerprint density at radius 2 is 2.08 bits per heavy atom. The predicted octanol–water partition coefficient (Wildman–Crippen LogP) is 3.90. The minimum atomic E-state index is -0.431. The van der Waals surface area contributed by atoms with E-state index in [-0.39, 0.29) is 13.4 Å². The van der Waals surface area contributed by atoms with Crippen molar-refractivity contribution in [1.82, 2.24) is 4.98 Å². The fraction of sp³-hybridized carbons (Fsp3) is 0.158. The zero-order chi connectivity index (χ0) is 17.9. The highest BCUT2D eigenvalue weighted by Crippen LogP contribution is 2.33. The van der Waals surface area contributed by atoms with Crippen molar-refractivity contribution in [2.45, 2.75) is 6.61 Å². The molecule has 0 bridgehead atoms. The van der Waals surface area contributed by atoms with E-state index < -0.39 is 5.97 Å². The Balaban J connectivity index is 1.42. The van der Waals surface area contributed by atoms with Gasteiger partial charge in [-0.25, -0.2) is 9.78 Å². The molecule has 0 atom stereocenters. The smallest absolute Gasteiger partial charge is 0.338 e. The van der Waals surface area contributed by atoms with Crippen LogP contribution in [0.2, 0.25) is 0 Å². The average Bonchev–Trinajstić information content (AvgIpc) is 3.34. The van der Waals surface area contributed by atoms with Gasteiger partial charge in [0.25, 0.3) is 0 Å². The van der Waals surface area contributed by atoms with E-state index in [2.05, 4.69) is 4.98 Å². The Hall–Kier alpha value is -3.06. The van der Waals surface area contributed by atoms with Crippen molar-refractivity contribution in [2.75, 3.05) is 13.9 Å². The summed E-state index contributed by atoms with van der Waals surface area (Å²) in [7, 11) is 1.63. The first-order chi connectivity index (χ1) is 12.7. The maximum absolute atomic E-state index is 12.2. The summed E-state index contributed by atoms with van der Waals surface area (Å²) in [5, 5.41) is 2.72. The number of thiazole rings is 1. The Morgan fingerprint density at radius 3 is 2.96 bits per heavy atom. The summed E-state index contributed by atoms with van der Waals surface area (Å²) in [5.41, 5.74) is 2.07. The van der Waals surface area contributed by atoms with Crippen LogP contribution in [0.1, 0.15) is 16.1 Å². The van der Waals surface area contributed by atoms with Gasteiger partial charge in [-0.15, -0.1) is 11.3 Å². The number of methoxy groups -OCH3 is 1. The van der Waals surface area contributed by atoms with Gasteiger partial charge in [-0.1, -0.05) is 12.1 Å². The summed E-state index contributed by atoms with van der Waals surface area (Å²) in [6, 6.07) is 12.6. The third-order valence-electron chi connectivity index (χ3n) is 3.83. The lowest BCUT2D eigenvalue weighted by atomic mass is 10.2. The number of esters is 1. The van der Waals surface area contributed by atoms with Gasteiger partial charge in [0.1, 0.15) is 17.4 Å². The van der Waals surface area contributed by atoms with Crippen molar-refractivity contribution in [3.8, 4) is 27.8 Å². The van der Waals surface area contributed by atoms with Gasteiger partial charge in [-0.3, -0.25) is 0 Å².